The summed E-state index contributed by atoms with van der Waals surface area (Å²) in [4.78, 5) is 12.4. The van der Waals surface area contributed by atoms with E-state index in [1.54, 1.807) is 30.3 Å². The second-order valence-electron chi connectivity index (χ2n) is 6.80. The predicted molar refractivity (Wildman–Crippen MR) is 109 cm³/mol. The first kappa shape index (κ1) is 18.7. The number of halogens is 1. The van der Waals surface area contributed by atoms with Crippen LogP contribution < -0.4 is 10.1 Å². The number of benzene rings is 2. The number of amides is 1. The molecule has 4 rings (SSSR count). The van der Waals surface area contributed by atoms with E-state index < -0.39 is 15.9 Å². The molecule has 0 bridgehead atoms. The fourth-order valence-electron chi connectivity index (χ4n) is 3.40. The van der Waals surface area contributed by atoms with Gasteiger partial charge in [0.1, 0.15) is 0 Å². The summed E-state index contributed by atoms with van der Waals surface area (Å²) in [5, 5.41) is 4.50. The van der Waals surface area contributed by atoms with Gasteiger partial charge in [0.05, 0.1) is 15.6 Å². The highest BCUT2D eigenvalue weighted by Crippen LogP contribution is 2.40. The number of anilines is 1. The van der Waals surface area contributed by atoms with Crippen molar-refractivity contribution < 1.29 is 13.2 Å². The largest absolute Gasteiger partial charge is 0.278 e. The van der Waals surface area contributed by atoms with Crippen LogP contribution in [0.2, 0.25) is 5.02 Å². The number of hydrazone groups is 1. The summed E-state index contributed by atoms with van der Waals surface area (Å²) in [6, 6.07) is 12.3. The lowest BCUT2D eigenvalue weighted by Gasteiger charge is -2.31. The lowest BCUT2D eigenvalue weighted by molar-refractivity contribution is 0.0953. The van der Waals surface area contributed by atoms with Gasteiger partial charge < -0.3 is 0 Å². The van der Waals surface area contributed by atoms with E-state index in [1.165, 1.54) is 18.2 Å². The van der Waals surface area contributed by atoms with Crippen LogP contribution in [0.25, 0.3) is 0 Å². The first-order chi connectivity index (χ1) is 13.4. The van der Waals surface area contributed by atoms with Crippen LogP contribution in [0.15, 0.2) is 70.7 Å². The van der Waals surface area contributed by atoms with Gasteiger partial charge in [-0.05, 0) is 49.1 Å². The van der Waals surface area contributed by atoms with Gasteiger partial charge >= 0.3 is 0 Å². The van der Waals surface area contributed by atoms with Crippen LogP contribution in [0, 0.1) is 11.8 Å². The Morgan fingerprint density at radius 2 is 1.96 bits per heavy atom. The number of rotatable bonds is 5. The number of sulfonamides is 1. The molecular weight excluding hydrogens is 398 g/mol. The minimum Gasteiger partial charge on any atom is -0.278 e. The van der Waals surface area contributed by atoms with E-state index in [0.29, 0.717) is 11.8 Å². The van der Waals surface area contributed by atoms with Crippen LogP contribution in [-0.2, 0) is 10.0 Å². The molecule has 0 radical (unpaired) electrons. The molecule has 1 saturated carbocycles. The Kier molecular flexibility index (Phi) is 4.95. The molecule has 0 aliphatic heterocycles. The van der Waals surface area contributed by atoms with Crippen LogP contribution >= 0.6 is 11.6 Å². The minimum atomic E-state index is -3.89. The maximum atomic E-state index is 12.6. The van der Waals surface area contributed by atoms with Crippen LogP contribution in [0.3, 0.4) is 0 Å². The van der Waals surface area contributed by atoms with Crippen LogP contribution in [0.4, 0.5) is 5.69 Å². The Balaban J connectivity index is 1.48. The Hall–Kier alpha value is -2.64. The summed E-state index contributed by atoms with van der Waals surface area (Å²) in [7, 11) is -3.89. The molecule has 0 heterocycles. The zero-order chi connectivity index (χ0) is 19.7. The van der Waals surface area contributed by atoms with Crippen LogP contribution in [-0.4, -0.2) is 20.0 Å². The summed E-state index contributed by atoms with van der Waals surface area (Å²) in [6.45, 7) is 0. The quantitative estimate of drug-likeness (QED) is 0.574. The van der Waals surface area contributed by atoms with Gasteiger partial charge in [-0.15, -0.1) is 0 Å². The third kappa shape index (κ3) is 3.68. The van der Waals surface area contributed by atoms with Gasteiger partial charge in [0, 0.05) is 17.2 Å². The molecule has 0 unspecified atom stereocenters. The molecule has 0 spiro atoms. The Labute approximate surface area is 168 Å². The number of nitrogens with one attached hydrogen (secondary N) is 2. The third-order valence-electron chi connectivity index (χ3n) is 4.99. The minimum absolute atomic E-state index is 0.0311. The average molecular weight is 416 g/mol. The predicted octanol–water partition coefficient (Wildman–Crippen LogP) is 3.82. The highest BCUT2D eigenvalue weighted by atomic mass is 35.5. The van der Waals surface area contributed by atoms with Gasteiger partial charge in [0.15, 0.2) is 0 Å². The van der Waals surface area contributed by atoms with Crippen molar-refractivity contribution in [1.82, 2.24) is 5.43 Å². The number of fused-ring (bicyclic) bond motifs is 1. The van der Waals surface area contributed by atoms with E-state index in [1.807, 2.05) is 0 Å². The second kappa shape index (κ2) is 7.41. The molecule has 144 valence electrons. The average Bonchev–Trinajstić information content (AvgIpc) is 3.04. The van der Waals surface area contributed by atoms with Gasteiger partial charge in [-0.2, -0.15) is 5.10 Å². The van der Waals surface area contributed by atoms with Gasteiger partial charge in [-0.1, -0.05) is 42.0 Å². The number of hydrogen-bond acceptors (Lipinski definition) is 4. The van der Waals surface area contributed by atoms with E-state index >= 15 is 0 Å². The van der Waals surface area contributed by atoms with Crippen molar-refractivity contribution in [1.29, 1.82) is 0 Å². The van der Waals surface area contributed by atoms with Crippen molar-refractivity contribution in [3.05, 3.63) is 71.3 Å². The Bertz CT molecular complexity index is 1100. The number of allylic oxidation sites excluding steroid dienone is 2. The number of nitrogens with zero attached hydrogens (tertiary/aromatic N) is 1. The maximum absolute atomic E-state index is 12.6. The lowest BCUT2D eigenvalue weighted by atomic mass is 9.74. The molecule has 8 heteroatoms. The third-order valence-corrected chi connectivity index (χ3v) is 6.68. The summed E-state index contributed by atoms with van der Waals surface area (Å²) in [5.41, 5.74) is 4.00. The van der Waals surface area contributed by atoms with Gasteiger partial charge in [-0.25, -0.2) is 13.8 Å². The summed E-state index contributed by atoms with van der Waals surface area (Å²) >= 11 is 6.02. The van der Waals surface area contributed by atoms with Crippen molar-refractivity contribution >= 4 is 38.9 Å². The van der Waals surface area contributed by atoms with E-state index in [9.17, 15) is 13.2 Å². The van der Waals surface area contributed by atoms with Gasteiger partial charge in [0.2, 0.25) is 0 Å². The number of carbonyl (C=O) groups excluding carboxylic acids is 1. The molecule has 1 fully saturated rings. The van der Waals surface area contributed by atoms with E-state index in [-0.39, 0.29) is 21.2 Å². The number of hydrogen-bond donors (Lipinski definition) is 2. The van der Waals surface area contributed by atoms with Crippen molar-refractivity contribution in [2.24, 2.45) is 16.9 Å². The Morgan fingerprint density at radius 1 is 1.14 bits per heavy atom. The monoisotopic (exact) mass is 415 g/mol. The van der Waals surface area contributed by atoms with Crippen LogP contribution in [0.5, 0.6) is 0 Å². The number of para-hydroxylation sites is 1. The van der Waals surface area contributed by atoms with E-state index in [2.05, 4.69) is 27.4 Å². The molecule has 2 aliphatic rings. The van der Waals surface area contributed by atoms with Crippen molar-refractivity contribution in [3.8, 4) is 0 Å². The standard InChI is InChI=1S/C20H18ClN3O3S/c21-17-9-1-2-10-18(17)24-28(26,27)15-7-3-6-14(11-15)20(25)23-22-19-12-13-5-4-8-16(13)19/h1-7,9-11,13,16,24H,8,12H2,(H,23,25)/b22-19-/t13-,16-/m0/s1. The summed E-state index contributed by atoms with van der Waals surface area (Å²) in [6.07, 6.45) is 6.14. The van der Waals surface area contributed by atoms with Gasteiger partial charge in [0.25, 0.3) is 15.9 Å². The second-order valence-corrected chi connectivity index (χ2v) is 8.89. The molecule has 2 aromatic rings. The highest BCUT2D eigenvalue weighted by molar-refractivity contribution is 7.92. The van der Waals surface area contributed by atoms with Crippen molar-refractivity contribution in [2.75, 3.05) is 4.72 Å². The van der Waals surface area contributed by atoms with Crippen LogP contribution in [0.1, 0.15) is 23.2 Å². The molecule has 6 nitrogen and oxygen atoms in total. The molecule has 2 N–H and O–H groups in total. The zero-order valence-electron chi connectivity index (χ0n) is 14.8. The normalized spacial score (nSPS) is 21.8. The molecule has 2 aliphatic carbocycles. The van der Waals surface area contributed by atoms with Crippen molar-refractivity contribution in [3.63, 3.8) is 0 Å². The van der Waals surface area contributed by atoms with Gasteiger partial charge in [-0.3, -0.25) is 9.52 Å². The summed E-state index contributed by atoms with van der Waals surface area (Å²) in [5.74, 6) is 0.489. The lowest BCUT2D eigenvalue weighted by Crippen LogP contribution is -2.35. The highest BCUT2D eigenvalue weighted by Gasteiger charge is 2.38. The smallest absolute Gasteiger partial charge is 0.271 e. The van der Waals surface area contributed by atoms with E-state index in [4.69, 9.17) is 11.6 Å². The van der Waals surface area contributed by atoms with Crippen molar-refractivity contribution in [2.45, 2.75) is 17.7 Å². The number of carbonyl (C=O) groups is 1. The Morgan fingerprint density at radius 3 is 2.75 bits per heavy atom. The molecule has 0 saturated heterocycles. The zero-order valence-corrected chi connectivity index (χ0v) is 16.4. The first-order valence-corrected chi connectivity index (χ1v) is 10.7. The molecule has 2 atom stereocenters. The molecule has 28 heavy (non-hydrogen) atoms. The topological polar surface area (TPSA) is 87.6 Å². The summed E-state index contributed by atoms with van der Waals surface area (Å²) < 4.78 is 27.7. The fourth-order valence-corrected chi connectivity index (χ4v) is 4.77. The maximum Gasteiger partial charge on any atom is 0.271 e. The van der Waals surface area contributed by atoms with E-state index in [0.717, 1.165) is 18.6 Å². The first-order valence-electron chi connectivity index (χ1n) is 8.85. The SMILES string of the molecule is O=C(N/N=C1/C[C@@H]2C=CC[C@H]12)c1cccc(S(=O)(=O)Nc2ccccc2Cl)c1. The molecule has 0 aromatic heterocycles. The fraction of sp³-hybridized carbons (Fsp3) is 0.200. The molecule has 1 amide bonds. The molecular formula is C20H18ClN3O3S. The molecule has 2 aromatic carbocycles.